The Hall–Kier alpha value is -3.37. The minimum Gasteiger partial charge on any atom is -0.497 e. The Morgan fingerprint density at radius 1 is 0.921 bits per heavy atom. The van der Waals surface area contributed by atoms with Crippen molar-refractivity contribution in [3.05, 3.63) is 88.9 Å². The van der Waals surface area contributed by atoms with Crippen LogP contribution in [-0.4, -0.2) is 50.9 Å². The summed E-state index contributed by atoms with van der Waals surface area (Å²) in [6.07, 6.45) is 0. The first-order valence-electron chi connectivity index (χ1n) is 12.1. The minimum atomic E-state index is -4.11. The van der Waals surface area contributed by atoms with Gasteiger partial charge >= 0.3 is 0 Å². The fourth-order valence-corrected chi connectivity index (χ4v) is 5.47. The number of anilines is 1. The highest BCUT2D eigenvalue weighted by Gasteiger charge is 2.32. The largest absolute Gasteiger partial charge is 0.497 e. The summed E-state index contributed by atoms with van der Waals surface area (Å²) in [6, 6.07) is 20.8. The summed E-state index contributed by atoms with van der Waals surface area (Å²) in [7, 11) is -2.59. The van der Waals surface area contributed by atoms with E-state index in [4.69, 9.17) is 4.74 Å². The lowest BCUT2D eigenvalue weighted by Crippen LogP contribution is -2.52. The van der Waals surface area contributed by atoms with Crippen molar-refractivity contribution in [3.63, 3.8) is 0 Å². The molecule has 0 fully saturated rings. The van der Waals surface area contributed by atoms with E-state index in [0.717, 1.165) is 14.3 Å². The molecule has 0 aliphatic rings. The molecule has 1 atom stereocenters. The molecule has 10 heteroatoms. The number of benzene rings is 3. The maximum Gasteiger partial charge on any atom is 0.264 e. The summed E-state index contributed by atoms with van der Waals surface area (Å²) in [4.78, 5) is 28.2. The average Bonchev–Trinajstić information content (AvgIpc) is 2.91. The lowest BCUT2D eigenvalue weighted by Gasteiger charge is -2.32. The van der Waals surface area contributed by atoms with E-state index in [2.05, 4.69) is 21.2 Å². The number of hydrogen-bond donors (Lipinski definition) is 1. The molecule has 0 saturated carbocycles. The Balaban J connectivity index is 2.01. The highest BCUT2D eigenvalue weighted by Crippen LogP contribution is 2.26. The zero-order valence-electron chi connectivity index (χ0n) is 21.8. The molecule has 3 aromatic carbocycles. The molecule has 0 aromatic heterocycles. The Kier molecular flexibility index (Phi) is 9.93. The van der Waals surface area contributed by atoms with E-state index < -0.39 is 28.5 Å². The molecule has 0 spiro atoms. The average molecular weight is 603 g/mol. The Labute approximate surface area is 232 Å². The summed E-state index contributed by atoms with van der Waals surface area (Å²) in [5.41, 5.74) is 1.10. The van der Waals surface area contributed by atoms with Crippen LogP contribution < -0.4 is 14.4 Å². The van der Waals surface area contributed by atoms with E-state index >= 15 is 0 Å². The van der Waals surface area contributed by atoms with Crippen molar-refractivity contribution in [2.24, 2.45) is 0 Å². The highest BCUT2D eigenvalue weighted by molar-refractivity contribution is 9.10. The van der Waals surface area contributed by atoms with Gasteiger partial charge in [-0.2, -0.15) is 0 Å². The second kappa shape index (κ2) is 12.9. The molecule has 38 heavy (non-hydrogen) atoms. The Morgan fingerprint density at radius 3 is 2.08 bits per heavy atom. The number of methoxy groups -OCH3 is 1. The fraction of sp³-hybridized carbons (Fsp3) is 0.286. The third-order valence-electron chi connectivity index (χ3n) is 5.83. The quantitative estimate of drug-likeness (QED) is 0.347. The Morgan fingerprint density at radius 2 is 1.53 bits per heavy atom. The van der Waals surface area contributed by atoms with Gasteiger partial charge in [-0.15, -0.1) is 0 Å². The van der Waals surface area contributed by atoms with Crippen LogP contribution in [0.1, 0.15) is 26.3 Å². The van der Waals surface area contributed by atoms with Crippen LogP contribution in [0.2, 0.25) is 0 Å². The van der Waals surface area contributed by atoms with Crippen molar-refractivity contribution in [1.82, 2.24) is 10.2 Å². The van der Waals surface area contributed by atoms with Gasteiger partial charge in [0.05, 0.1) is 17.7 Å². The minimum absolute atomic E-state index is 0.0497. The van der Waals surface area contributed by atoms with Crippen LogP contribution in [0.25, 0.3) is 0 Å². The van der Waals surface area contributed by atoms with E-state index in [-0.39, 0.29) is 23.4 Å². The van der Waals surface area contributed by atoms with Crippen molar-refractivity contribution in [2.45, 2.75) is 44.3 Å². The number of carbonyl (C=O) groups excluding carboxylic acids is 2. The van der Waals surface area contributed by atoms with Gasteiger partial charge in [-0.05, 0) is 74.9 Å². The second-order valence-electron chi connectivity index (χ2n) is 9.01. The van der Waals surface area contributed by atoms with Gasteiger partial charge in [0.25, 0.3) is 10.0 Å². The first-order valence-corrected chi connectivity index (χ1v) is 14.3. The summed E-state index contributed by atoms with van der Waals surface area (Å²) in [5.74, 6) is -0.296. The molecule has 1 N–H and O–H groups in total. The monoisotopic (exact) mass is 601 g/mol. The number of hydrogen-bond acceptors (Lipinski definition) is 5. The second-order valence-corrected chi connectivity index (χ2v) is 11.8. The van der Waals surface area contributed by atoms with E-state index in [0.29, 0.717) is 11.4 Å². The number of amides is 2. The smallest absolute Gasteiger partial charge is 0.264 e. The van der Waals surface area contributed by atoms with Crippen LogP contribution in [-0.2, 0) is 26.2 Å². The number of nitrogens with zero attached hydrogens (tertiary/aromatic N) is 2. The summed E-state index contributed by atoms with van der Waals surface area (Å²) in [6.45, 7) is 4.94. The van der Waals surface area contributed by atoms with E-state index in [1.54, 1.807) is 49.4 Å². The molecule has 202 valence electrons. The zero-order valence-corrected chi connectivity index (χ0v) is 24.2. The topological polar surface area (TPSA) is 96.0 Å². The molecule has 8 nitrogen and oxygen atoms in total. The predicted octanol–water partition coefficient (Wildman–Crippen LogP) is 4.59. The van der Waals surface area contributed by atoms with Crippen molar-refractivity contribution < 1.29 is 22.7 Å². The molecule has 0 aliphatic carbocycles. The fourth-order valence-electron chi connectivity index (χ4n) is 3.77. The first kappa shape index (κ1) is 29.2. The molecule has 3 rings (SSSR count). The zero-order chi connectivity index (χ0) is 27.9. The van der Waals surface area contributed by atoms with Crippen LogP contribution in [0.15, 0.2) is 88.2 Å². The predicted molar refractivity (Wildman–Crippen MR) is 151 cm³/mol. The van der Waals surface area contributed by atoms with Crippen molar-refractivity contribution in [3.8, 4) is 5.75 Å². The highest BCUT2D eigenvalue weighted by atomic mass is 79.9. The molecule has 2 amide bonds. The molecule has 0 unspecified atom stereocenters. The first-order chi connectivity index (χ1) is 18.0. The molecule has 0 saturated heterocycles. The number of nitrogens with one attached hydrogen (secondary N) is 1. The third kappa shape index (κ3) is 7.35. The van der Waals surface area contributed by atoms with Gasteiger partial charge in [0, 0.05) is 17.1 Å². The van der Waals surface area contributed by atoms with Crippen molar-refractivity contribution in [2.75, 3.05) is 18.0 Å². The number of carbonyl (C=O) groups is 2. The maximum atomic E-state index is 13.8. The van der Waals surface area contributed by atoms with Gasteiger partial charge in [0.1, 0.15) is 18.3 Å². The lowest BCUT2D eigenvalue weighted by molar-refractivity contribution is -0.139. The van der Waals surface area contributed by atoms with Crippen LogP contribution >= 0.6 is 15.9 Å². The molecular weight excluding hydrogens is 570 g/mol. The van der Waals surface area contributed by atoms with Gasteiger partial charge in [0.2, 0.25) is 11.8 Å². The van der Waals surface area contributed by atoms with Gasteiger partial charge in [-0.3, -0.25) is 13.9 Å². The molecule has 0 heterocycles. The molecule has 0 bridgehead atoms. The normalized spacial score (nSPS) is 12.1. The van der Waals surface area contributed by atoms with Crippen LogP contribution in [0.4, 0.5) is 5.69 Å². The number of sulfonamides is 1. The number of rotatable bonds is 11. The number of halogens is 1. The van der Waals surface area contributed by atoms with Crippen LogP contribution in [0.3, 0.4) is 0 Å². The van der Waals surface area contributed by atoms with E-state index in [1.807, 2.05) is 38.1 Å². The van der Waals surface area contributed by atoms with Gasteiger partial charge < -0.3 is 15.0 Å². The van der Waals surface area contributed by atoms with Crippen LogP contribution in [0, 0.1) is 0 Å². The molecule has 0 radical (unpaired) electrons. The van der Waals surface area contributed by atoms with Gasteiger partial charge in [-0.1, -0.05) is 46.3 Å². The lowest BCUT2D eigenvalue weighted by atomic mass is 10.1. The van der Waals surface area contributed by atoms with Crippen molar-refractivity contribution in [1.29, 1.82) is 0 Å². The maximum absolute atomic E-state index is 13.8. The number of ether oxygens (including phenoxy) is 1. The van der Waals surface area contributed by atoms with Crippen molar-refractivity contribution >= 4 is 43.5 Å². The summed E-state index contributed by atoms with van der Waals surface area (Å²) < 4.78 is 34.6. The standard InChI is InChI=1S/C28H32BrN3O5S/c1-20(2)30-28(34)21(3)31(18-22-10-12-23(29)13-11-22)27(33)19-32(24-14-16-25(37-4)17-15-24)38(35,36)26-8-6-5-7-9-26/h5-17,20-21H,18-19H2,1-4H3,(H,30,34)/t21-/m1/s1. The molecule has 0 aliphatic heterocycles. The van der Waals surface area contributed by atoms with E-state index in [9.17, 15) is 18.0 Å². The van der Waals surface area contributed by atoms with Gasteiger partial charge in [-0.25, -0.2) is 8.42 Å². The molecular formula is C28H32BrN3O5S. The Bertz CT molecular complexity index is 1330. The third-order valence-corrected chi connectivity index (χ3v) is 8.15. The van der Waals surface area contributed by atoms with E-state index in [1.165, 1.54) is 24.1 Å². The SMILES string of the molecule is COc1ccc(N(CC(=O)N(Cc2ccc(Br)cc2)[C@H](C)C(=O)NC(C)C)S(=O)(=O)c2ccccc2)cc1. The summed E-state index contributed by atoms with van der Waals surface area (Å²) in [5, 5.41) is 2.84. The van der Waals surface area contributed by atoms with Crippen LogP contribution in [0.5, 0.6) is 5.75 Å². The van der Waals surface area contributed by atoms with Gasteiger partial charge in [0.15, 0.2) is 0 Å². The summed E-state index contributed by atoms with van der Waals surface area (Å²) >= 11 is 3.41. The molecule has 3 aromatic rings.